The van der Waals surface area contributed by atoms with Crippen LogP contribution in [0, 0.1) is 0 Å². The van der Waals surface area contributed by atoms with E-state index in [2.05, 4.69) is 0 Å². The fraction of sp³-hybridized carbons (Fsp3) is 0. The van der Waals surface area contributed by atoms with E-state index in [9.17, 15) is 4.79 Å². The van der Waals surface area contributed by atoms with Gasteiger partial charge in [-0.3, -0.25) is 9.36 Å². The summed E-state index contributed by atoms with van der Waals surface area (Å²) in [6.45, 7) is 0. The van der Waals surface area contributed by atoms with Crippen molar-refractivity contribution in [2.24, 2.45) is 0 Å². The number of pyridine rings is 1. The molecule has 0 radical (unpaired) electrons. The van der Waals surface area contributed by atoms with Crippen molar-refractivity contribution in [3.8, 4) is 5.69 Å². The normalized spacial score (nSPS) is 11.0. The number of rotatable bonds is 1. The molecule has 3 aromatic rings. The van der Waals surface area contributed by atoms with Crippen molar-refractivity contribution in [2.75, 3.05) is 5.73 Å². The summed E-state index contributed by atoms with van der Waals surface area (Å²) in [6, 6.07) is 11.9. The summed E-state index contributed by atoms with van der Waals surface area (Å²) in [7, 11) is 0. The predicted molar refractivity (Wildman–Crippen MR) is 89.0 cm³/mol. The van der Waals surface area contributed by atoms with Gasteiger partial charge < -0.3 is 5.73 Å². The maximum absolute atomic E-state index is 12.6. The monoisotopic (exact) mass is 338 g/mol. The summed E-state index contributed by atoms with van der Waals surface area (Å²) in [5.41, 5.74) is 6.15. The average Bonchev–Trinajstić information content (AvgIpc) is 2.44. The summed E-state index contributed by atoms with van der Waals surface area (Å²) in [4.78, 5) is 12.6. The molecule has 0 spiro atoms. The first kappa shape index (κ1) is 14.3. The number of anilines is 1. The Bertz CT molecular complexity index is 919. The predicted octanol–water partition coefficient (Wildman–Crippen LogP) is 4.53. The molecule has 0 amide bonds. The van der Waals surface area contributed by atoms with Crippen LogP contribution in [0.2, 0.25) is 15.1 Å². The first-order valence-corrected chi connectivity index (χ1v) is 7.17. The molecule has 106 valence electrons. The van der Waals surface area contributed by atoms with Gasteiger partial charge in [0.1, 0.15) is 5.82 Å². The molecule has 0 aliphatic carbocycles. The maximum Gasteiger partial charge on any atom is 0.264 e. The second-order valence-electron chi connectivity index (χ2n) is 4.51. The standard InChI is InChI=1S/C15H9Cl3N2O/c16-10-6-12(18)13(7-11(10)17)20-14(19)5-8-3-1-2-4-9(8)15(20)21/h1-7H,19H2. The van der Waals surface area contributed by atoms with Gasteiger partial charge >= 0.3 is 0 Å². The molecule has 0 aliphatic rings. The SMILES string of the molecule is Nc1cc2ccccc2c(=O)n1-c1cc(Cl)c(Cl)cc1Cl. The van der Waals surface area contributed by atoms with Crippen LogP contribution in [0.4, 0.5) is 5.82 Å². The fourth-order valence-electron chi connectivity index (χ4n) is 2.21. The summed E-state index contributed by atoms with van der Waals surface area (Å²) < 4.78 is 1.33. The third-order valence-electron chi connectivity index (χ3n) is 3.19. The molecule has 3 nitrogen and oxygen atoms in total. The van der Waals surface area contributed by atoms with Crippen molar-refractivity contribution in [1.29, 1.82) is 0 Å². The Labute approximate surface area is 135 Å². The Kier molecular flexibility index (Phi) is 3.57. The molecule has 0 aliphatic heterocycles. The van der Waals surface area contributed by atoms with Gasteiger partial charge in [-0.1, -0.05) is 53.0 Å². The molecule has 2 N–H and O–H groups in total. The highest BCUT2D eigenvalue weighted by Gasteiger charge is 2.13. The van der Waals surface area contributed by atoms with Crippen LogP contribution in [0.1, 0.15) is 0 Å². The van der Waals surface area contributed by atoms with E-state index >= 15 is 0 Å². The number of aromatic nitrogens is 1. The zero-order chi connectivity index (χ0) is 15.1. The summed E-state index contributed by atoms with van der Waals surface area (Å²) >= 11 is 18.1. The number of nitrogens with zero attached hydrogens (tertiary/aromatic N) is 1. The Morgan fingerprint density at radius 2 is 1.57 bits per heavy atom. The smallest absolute Gasteiger partial charge is 0.264 e. The number of fused-ring (bicyclic) bond motifs is 1. The minimum atomic E-state index is -0.258. The molecule has 0 unspecified atom stereocenters. The summed E-state index contributed by atoms with van der Waals surface area (Å²) in [5, 5.41) is 2.24. The van der Waals surface area contributed by atoms with Gasteiger partial charge in [-0.2, -0.15) is 0 Å². The van der Waals surface area contributed by atoms with E-state index in [1.807, 2.05) is 12.1 Å². The highest BCUT2D eigenvalue weighted by molar-refractivity contribution is 6.43. The van der Waals surface area contributed by atoms with E-state index in [1.54, 1.807) is 18.2 Å². The van der Waals surface area contributed by atoms with Crippen LogP contribution in [0.5, 0.6) is 0 Å². The van der Waals surface area contributed by atoms with Gasteiger partial charge in [0.25, 0.3) is 5.56 Å². The van der Waals surface area contributed by atoms with Gasteiger partial charge in [-0.15, -0.1) is 0 Å². The van der Waals surface area contributed by atoms with Crippen molar-refractivity contribution in [3.05, 3.63) is 67.9 Å². The highest BCUT2D eigenvalue weighted by atomic mass is 35.5. The number of nitrogen functional groups attached to an aromatic ring is 1. The van der Waals surface area contributed by atoms with Crippen molar-refractivity contribution in [3.63, 3.8) is 0 Å². The lowest BCUT2D eigenvalue weighted by Crippen LogP contribution is -2.21. The zero-order valence-electron chi connectivity index (χ0n) is 10.6. The number of hydrogen-bond donors (Lipinski definition) is 1. The van der Waals surface area contributed by atoms with Gasteiger partial charge in [0.2, 0.25) is 0 Å². The lowest BCUT2D eigenvalue weighted by Gasteiger charge is -2.13. The highest BCUT2D eigenvalue weighted by Crippen LogP contribution is 2.32. The van der Waals surface area contributed by atoms with Crippen molar-refractivity contribution < 1.29 is 0 Å². The molecule has 3 rings (SSSR count). The topological polar surface area (TPSA) is 48.0 Å². The zero-order valence-corrected chi connectivity index (χ0v) is 12.9. The fourth-order valence-corrected chi connectivity index (χ4v) is 2.84. The lowest BCUT2D eigenvalue weighted by molar-refractivity contribution is 1.02. The number of benzene rings is 2. The number of nitrogens with two attached hydrogens (primary N) is 1. The third kappa shape index (κ3) is 2.38. The molecule has 2 aromatic carbocycles. The van der Waals surface area contributed by atoms with Crippen molar-refractivity contribution in [2.45, 2.75) is 0 Å². The Morgan fingerprint density at radius 3 is 2.33 bits per heavy atom. The van der Waals surface area contributed by atoms with E-state index in [1.165, 1.54) is 16.7 Å². The third-order valence-corrected chi connectivity index (χ3v) is 4.21. The van der Waals surface area contributed by atoms with Crippen molar-refractivity contribution in [1.82, 2.24) is 4.57 Å². The van der Waals surface area contributed by atoms with E-state index in [-0.39, 0.29) is 11.4 Å². The second kappa shape index (κ2) is 5.26. The molecule has 0 fully saturated rings. The van der Waals surface area contributed by atoms with Gasteiger partial charge in [0.05, 0.1) is 20.8 Å². The van der Waals surface area contributed by atoms with E-state index < -0.39 is 0 Å². The van der Waals surface area contributed by atoms with E-state index in [0.29, 0.717) is 26.1 Å². The Morgan fingerprint density at radius 1 is 0.905 bits per heavy atom. The molecule has 0 saturated carbocycles. The van der Waals surface area contributed by atoms with E-state index in [0.717, 1.165) is 5.39 Å². The van der Waals surface area contributed by atoms with Gasteiger partial charge in [0, 0.05) is 5.39 Å². The number of halogens is 3. The van der Waals surface area contributed by atoms with Crippen LogP contribution in [0.25, 0.3) is 16.5 Å². The molecule has 6 heteroatoms. The van der Waals surface area contributed by atoms with Crippen LogP contribution in [0.15, 0.2) is 47.3 Å². The van der Waals surface area contributed by atoms with Crippen LogP contribution in [-0.4, -0.2) is 4.57 Å². The summed E-state index contributed by atoms with van der Waals surface area (Å²) in [6.07, 6.45) is 0. The maximum atomic E-state index is 12.6. The number of hydrogen-bond acceptors (Lipinski definition) is 2. The second-order valence-corrected chi connectivity index (χ2v) is 5.74. The molecule has 21 heavy (non-hydrogen) atoms. The molecule has 0 saturated heterocycles. The first-order chi connectivity index (χ1) is 9.99. The Balaban J connectivity index is 2.41. The molecule has 0 atom stereocenters. The van der Waals surface area contributed by atoms with Crippen LogP contribution < -0.4 is 11.3 Å². The molecule has 1 heterocycles. The first-order valence-electron chi connectivity index (χ1n) is 6.04. The average molecular weight is 340 g/mol. The van der Waals surface area contributed by atoms with Gasteiger partial charge in [0.15, 0.2) is 0 Å². The van der Waals surface area contributed by atoms with E-state index in [4.69, 9.17) is 40.5 Å². The molecule has 1 aromatic heterocycles. The quantitative estimate of drug-likeness (QED) is 0.662. The largest absolute Gasteiger partial charge is 0.385 e. The summed E-state index contributed by atoms with van der Waals surface area (Å²) in [5.74, 6) is 0.277. The lowest BCUT2D eigenvalue weighted by atomic mass is 10.1. The molecular weight excluding hydrogens is 331 g/mol. The van der Waals surface area contributed by atoms with Gasteiger partial charge in [-0.25, -0.2) is 0 Å². The minimum absolute atomic E-state index is 0.258. The molecular formula is C15H9Cl3N2O. The van der Waals surface area contributed by atoms with Crippen LogP contribution >= 0.6 is 34.8 Å². The minimum Gasteiger partial charge on any atom is -0.385 e. The Hall–Kier alpha value is -1.68. The van der Waals surface area contributed by atoms with Crippen molar-refractivity contribution >= 4 is 51.4 Å². The van der Waals surface area contributed by atoms with Crippen LogP contribution in [-0.2, 0) is 0 Å². The molecule has 0 bridgehead atoms. The van der Waals surface area contributed by atoms with Gasteiger partial charge in [-0.05, 0) is 29.7 Å². The van der Waals surface area contributed by atoms with Crippen LogP contribution in [0.3, 0.4) is 0 Å².